The van der Waals surface area contributed by atoms with Gasteiger partial charge in [-0.15, -0.1) is 0 Å². The first kappa shape index (κ1) is 17.6. The molecule has 0 amide bonds. The summed E-state index contributed by atoms with van der Waals surface area (Å²) in [5, 5.41) is 18.8. The largest absolute Gasteiger partial charge is 0.455 e. The van der Waals surface area contributed by atoms with E-state index in [0.717, 1.165) is 16.8 Å². The molecule has 2 aromatic heterocycles. The first-order chi connectivity index (χ1) is 13.5. The van der Waals surface area contributed by atoms with Crippen LogP contribution in [-0.2, 0) is 7.05 Å². The molecule has 5 nitrogen and oxygen atoms in total. The number of carbonyl (C=O) groups excluding carboxylic acids is 1. The molecule has 1 aliphatic rings. The van der Waals surface area contributed by atoms with Gasteiger partial charge < -0.3 is 8.98 Å². The van der Waals surface area contributed by atoms with Crippen molar-refractivity contribution in [2.75, 3.05) is 0 Å². The monoisotopic (exact) mass is 367 g/mol. The van der Waals surface area contributed by atoms with E-state index in [2.05, 4.69) is 18.4 Å². The van der Waals surface area contributed by atoms with Gasteiger partial charge in [0, 0.05) is 41.6 Å². The first-order valence-corrected chi connectivity index (χ1v) is 8.96. The number of furan rings is 1. The van der Waals surface area contributed by atoms with Crippen molar-refractivity contribution in [3.05, 3.63) is 70.1 Å². The van der Waals surface area contributed by atoms with Crippen LogP contribution in [0.4, 0.5) is 0 Å². The number of rotatable bonds is 2. The fraction of sp³-hybridized carbons (Fsp3) is 0.174. The number of nitriles is 2. The first-order valence-electron chi connectivity index (χ1n) is 8.96. The lowest BCUT2D eigenvalue weighted by Gasteiger charge is -2.06. The van der Waals surface area contributed by atoms with Crippen LogP contribution in [0, 0.1) is 22.7 Å². The molecule has 3 aromatic rings. The Labute approximate surface area is 162 Å². The summed E-state index contributed by atoms with van der Waals surface area (Å²) in [6.45, 7) is 4.24. The minimum Gasteiger partial charge on any atom is -0.455 e. The molecule has 5 heteroatoms. The molecule has 1 aliphatic carbocycles. The van der Waals surface area contributed by atoms with E-state index in [0.29, 0.717) is 34.0 Å². The molecule has 136 valence electrons. The van der Waals surface area contributed by atoms with Crippen LogP contribution in [-0.4, -0.2) is 10.4 Å². The van der Waals surface area contributed by atoms with Crippen LogP contribution in [0.3, 0.4) is 0 Å². The molecule has 1 aromatic carbocycles. The van der Waals surface area contributed by atoms with Crippen molar-refractivity contribution >= 4 is 28.5 Å². The highest BCUT2D eigenvalue weighted by Crippen LogP contribution is 2.40. The van der Waals surface area contributed by atoms with E-state index in [-0.39, 0.29) is 11.4 Å². The summed E-state index contributed by atoms with van der Waals surface area (Å²) in [5.41, 5.74) is 4.53. The van der Waals surface area contributed by atoms with Gasteiger partial charge in [-0.05, 0) is 17.6 Å². The number of Topliss-reactive ketones (excluding diaryl/α,β-unsaturated/α-hetero) is 1. The summed E-state index contributed by atoms with van der Waals surface area (Å²) < 4.78 is 8.02. The van der Waals surface area contributed by atoms with Crippen LogP contribution in [0.5, 0.6) is 0 Å². The number of nitrogens with zero attached hydrogens (tertiary/aromatic N) is 3. The number of carbonyl (C=O) groups is 1. The van der Waals surface area contributed by atoms with Crippen molar-refractivity contribution in [1.29, 1.82) is 10.5 Å². The van der Waals surface area contributed by atoms with Crippen LogP contribution in [0.1, 0.15) is 47.1 Å². The van der Waals surface area contributed by atoms with Crippen molar-refractivity contribution in [3.8, 4) is 12.1 Å². The van der Waals surface area contributed by atoms with Crippen LogP contribution < -0.4 is 0 Å². The molecule has 0 saturated heterocycles. The summed E-state index contributed by atoms with van der Waals surface area (Å²) in [4.78, 5) is 12.9. The Morgan fingerprint density at radius 2 is 1.82 bits per heavy atom. The lowest BCUT2D eigenvalue weighted by Crippen LogP contribution is -1.97. The lowest BCUT2D eigenvalue weighted by molar-refractivity contribution is 0.104. The molecule has 0 saturated carbocycles. The molecule has 0 aliphatic heterocycles. The Morgan fingerprint density at radius 1 is 1.14 bits per heavy atom. The molecular weight excluding hydrogens is 350 g/mol. The summed E-state index contributed by atoms with van der Waals surface area (Å²) in [5.74, 6) is 0.667. The maximum atomic E-state index is 12.9. The van der Waals surface area contributed by atoms with Crippen LogP contribution in [0.2, 0.25) is 0 Å². The number of ketones is 1. The van der Waals surface area contributed by atoms with Crippen LogP contribution >= 0.6 is 0 Å². The number of fused-ring (bicyclic) bond motifs is 2. The van der Waals surface area contributed by atoms with Gasteiger partial charge in [-0.25, -0.2) is 0 Å². The molecule has 4 rings (SSSR count). The lowest BCUT2D eigenvalue weighted by atomic mass is 9.99. The number of hydrogen-bond acceptors (Lipinski definition) is 4. The third-order valence-corrected chi connectivity index (χ3v) is 5.09. The average Bonchev–Trinajstić information content (AvgIpc) is 3.30. The van der Waals surface area contributed by atoms with Crippen molar-refractivity contribution < 1.29 is 9.21 Å². The van der Waals surface area contributed by atoms with E-state index < -0.39 is 0 Å². The van der Waals surface area contributed by atoms with Crippen molar-refractivity contribution in [1.82, 2.24) is 4.57 Å². The van der Waals surface area contributed by atoms with E-state index in [9.17, 15) is 15.3 Å². The molecule has 0 fully saturated rings. The second kappa shape index (κ2) is 6.40. The van der Waals surface area contributed by atoms with E-state index in [1.165, 1.54) is 0 Å². The van der Waals surface area contributed by atoms with Crippen molar-refractivity contribution in [2.45, 2.75) is 19.8 Å². The fourth-order valence-electron chi connectivity index (χ4n) is 3.76. The molecule has 0 bridgehead atoms. The summed E-state index contributed by atoms with van der Waals surface area (Å²) >= 11 is 0. The predicted molar refractivity (Wildman–Crippen MR) is 106 cm³/mol. The maximum absolute atomic E-state index is 12.9. The Bertz CT molecular complexity index is 1270. The number of aromatic nitrogens is 1. The molecule has 28 heavy (non-hydrogen) atoms. The highest BCUT2D eigenvalue weighted by atomic mass is 16.3. The van der Waals surface area contributed by atoms with E-state index in [1.54, 1.807) is 30.3 Å². The number of benzene rings is 1. The number of hydrogen-bond donors (Lipinski definition) is 0. The van der Waals surface area contributed by atoms with E-state index >= 15 is 0 Å². The Kier molecular flexibility index (Phi) is 4.02. The van der Waals surface area contributed by atoms with Gasteiger partial charge in [0.1, 0.15) is 23.5 Å². The Morgan fingerprint density at radius 3 is 2.43 bits per heavy atom. The second-order valence-electron chi connectivity index (χ2n) is 7.09. The topological polar surface area (TPSA) is 82.7 Å². The van der Waals surface area contributed by atoms with Gasteiger partial charge >= 0.3 is 0 Å². The van der Waals surface area contributed by atoms with E-state index in [1.807, 2.05) is 31.3 Å². The normalized spacial score (nSPS) is 14.6. The van der Waals surface area contributed by atoms with Gasteiger partial charge in [0.25, 0.3) is 0 Å². The minimum absolute atomic E-state index is 0.0808. The van der Waals surface area contributed by atoms with Gasteiger partial charge in [0.05, 0.1) is 5.52 Å². The van der Waals surface area contributed by atoms with Crippen molar-refractivity contribution in [2.24, 2.45) is 7.05 Å². The molecule has 0 spiro atoms. The van der Waals surface area contributed by atoms with Crippen molar-refractivity contribution in [3.63, 3.8) is 0 Å². The summed E-state index contributed by atoms with van der Waals surface area (Å²) in [7, 11) is 1.98. The zero-order valence-electron chi connectivity index (χ0n) is 15.8. The number of allylic oxidation sites excluding steroid dienone is 3. The smallest absolute Gasteiger partial charge is 0.194 e. The summed E-state index contributed by atoms with van der Waals surface area (Å²) in [6, 6.07) is 14.7. The average molecular weight is 367 g/mol. The predicted octanol–water partition coefficient (Wildman–Crippen LogP) is 4.98. The second-order valence-corrected chi connectivity index (χ2v) is 7.09. The Balaban J connectivity index is 1.91. The third-order valence-electron chi connectivity index (χ3n) is 5.09. The molecular formula is C23H17N3O2. The minimum atomic E-state index is -0.211. The van der Waals surface area contributed by atoms with Gasteiger partial charge in [0.15, 0.2) is 11.4 Å². The molecule has 0 N–H and O–H groups in total. The van der Waals surface area contributed by atoms with E-state index in [4.69, 9.17) is 4.42 Å². The summed E-state index contributed by atoms with van der Waals surface area (Å²) in [6.07, 6.45) is 1.63. The maximum Gasteiger partial charge on any atom is 0.194 e. The highest BCUT2D eigenvalue weighted by Gasteiger charge is 2.32. The van der Waals surface area contributed by atoms with Gasteiger partial charge in [-0.3, -0.25) is 4.79 Å². The fourth-order valence-corrected chi connectivity index (χ4v) is 3.76. The Hall–Kier alpha value is -3.83. The molecule has 0 atom stereocenters. The molecule has 0 radical (unpaired) electrons. The van der Waals surface area contributed by atoms with Gasteiger partial charge in [0.2, 0.25) is 0 Å². The zero-order chi connectivity index (χ0) is 20.0. The zero-order valence-corrected chi connectivity index (χ0v) is 15.8. The third kappa shape index (κ3) is 2.49. The molecule has 0 unspecified atom stereocenters. The number of aryl methyl sites for hydroxylation is 1. The standard InChI is InChI=1S/C23H17N3O2/c1-13(2)19-10-21-20(26(19)3)9-15(28-21)8-18-22(14(11-24)12-25)16-6-4-5-7-17(16)23(18)27/h4-10,13H,1-3H3/b18-8-. The van der Waals surface area contributed by atoms with Gasteiger partial charge in [-0.1, -0.05) is 38.1 Å². The SMILES string of the molecule is CC(C)c1cc2oc(/C=C3\C(=O)c4ccccc4C3=C(C#N)C#N)cc2n1C. The molecule has 2 heterocycles. The van der Waals surface area contributed by atoms with Gasteiger partial charge in [-0.2, -0.15) is 10.5 Å². The van der Waals surface area contributed by atoms with Crippen LogP contribution in [0.15, 0.2) is 52.0 Å². The quantitative estimate of drug-likeness (QED) is 0.473. The highest BCUT2D eigenvalue weighted by molar-refractivity contribution is 6.29. The van der Waals surface area contributed by atoms with Crippen LogP contribution in [0.25, 0.3) is 22.7 Å².